The second kappa shape index (κ2) is 6.80. The van der Waals surface area contributed by atoms with Crippen molar-refractivity contribution in [3.05, 3.63) is 29.8 Å². The Balaban J connectivity index is 1.55. The van der Waals surface area contributed by atoms with Crippen molar-refractivity contribution in [2.45, 2.75) is 38.6 Å². The second-order valence-corrected chi connectivity index (χ2v) is 6.75. The molecule has 0 bridgehead atoms. The lowest BCUT2D eigenvalue weighted by Gasteiger charge is -2.41. The monoisotopic (exact) mass is 287 g/mol. The molecule has 3 heteroatoms. The molecule has 2 heterocycles. The van der Waals surface area contributed by atoms with E-state index in [0.717, 1.165) is 6.04 Å². The Hall–Kier alpha value is -1.06. The minimum atomic E-state index is 0.621. The fourth-order valence-corrected chi connectivity index (χ4v) is 3.59. The van der Waals surface area contributed by atoms with E-state index >= 15 is 0 Å². The Kier molecular flexibility index (Phi) is 4.81. The predicted octanol–water partition coefficient (Wildman–Crippen LogP) is 2.68. The molecule has 0 radical (unpaired) electrons. The summed E-state index contributed by atoms with van der Waals surface area (Å²) in [4.78, 5) is 5.25. The van der Waals surface area contributed by atoms with Crippen molar-refractivity contribution in [1.82, 2.24) is 10.2 Å². The molecule has 21 heavy (non-hydrogen) atoms. The quantitative estimate of drug-likeness (QED) is 0.922. The summed E-state index contributed by atoms with van der Waals surface area (Å²) in [5, 5.41) is 3.47. The highest BCUT2D eigenvalue weighted by molar-refractivity contribution is 5.48. The van der Waals surface area contributed by atoms with Gasteiger partial charge in [0.1, 0.15) is 0 Å². The van der Waals surface area contributed by atoms with Gasteiger partial charge in [0.15, 0.2) is 0 Å². The zero-order chi connectivity index (χ0) is 14.7. The van der Waals surface area contributed by atoms with E-state index in [1.54, 1.807) is 0 Å². The zero-order valence-corrected chi connectivity index (χ0v) is 13.5. The van der Waals surface area contributed by atoms with Crippen molar-refractivity contribution >= 4 is 5.69 Å². The van der Waals surface area contributed by atoms with Crippen LogP contribution in [0.2, 0.25) is 0 Å². The van der Waals surface area contributed by atoms with Gasteiger partial charge >= 0.3 is 0 Å². The van der Waals surface area contributed by atoms with E-state index < -0.39 is 0 Å². The maximum Gasteiger partial charge on any atom is 0.0367 e. The number of piperidine rings is 1. The molecule has 0 aliphatic carbocycles. The first-order valence-electron chi connectivity index (χ1n) is 8.54. The first kappa shape index (κ1) is 14.9. The number of nitrogens with zero attached hydrogens (tertiary/aromatic N) is 2. The van der Waals surface area contributed by atoms with Crippen molar-refractivity contribution in [3.8, 4) is 0 Å². The predicted molar refractivity (Wildman–Crippen MR) is 90.2 cm³/mol. The molecule has 2 aliphatic heterocycles. The molecular weight excluding hydrogens is 258 g/mol. The summed E-state index contributed by atoms with van der Waals surface area (Å²) in [6.07, 6.45) is 2.65. The van der Waals surface area contributed by atoms with Gasteiger partial charge in [0.2, 0.25) is 0 Å². The Morgan fingerprint density at radius 3 is 2.14 bits per heavy atom. The number of nitrogens with one attached hydrogen (secondary N) is 1. The van der Waals surface area contributed by atoms with Crippen LogP contribution in [0.4, 0.5) is 5.69 Å². The Morgan fingerprint density at radius 2 is 1.57 bits per heavy atom. The highest BCUT2D eigenvalue weighted by Crippen LogP contribution is 2.22. The van der Waals surface area contributed by atoms with Gasteiger partial charge in [-0.25, -0.2) is 0 Å². The van der Waals surface area contributed by atoms with Gasteiger partial charge in [-0.2, -0.15) is 0 Å². The van der Waals surface area contributed by atoms with Crippen molar-refractivity contribution < 1.29 is 0 Å². The number of hydrogen-bond acceptors (Lipinski definition) is 3. The molecular formula is C18H29N3. The topological polar surface area (TPSA) is 18.5 Å². The normalized spacial score (nSPS) is 22.0. The summed E-state index contributed by atoms with van der Waals surface area (Å²) in [6.45, 7) is 11.7. The first-order valence-corrected chi connectivity index (χ1v) is 8.54. The van der Waals surface area contributed by atoms with E-state index in [-0.39, 0.29) is 0 Å². The Labute approximate surface area is 129 Å². The summed E-state index contributed by atoms with van der Waals surface area (Å²) < 4.78 is 0. The molecule has 116 valence electrons. The summed E-state index contributed by atoms with van der Waals surface area (Å²) >= 11 is 0. The highest BCUT2D eigenvalue weighted by Gasteiger charge is 2.25. The number of hydrogen-bond donors (Lipinski definition) is 1. The molecule has 1 aromatic carbocycles. The van der Waals surface area contributed by atoms with E-state index in [1.165, 1.54) is 63.4 Å². The van der Waals surface area contributed by atoms with Gasteiger partial charge in [-0.05, 0) is 49.5 Å². The lowest BCUT2D eigenvalue weighted by molar-refractivity contribution is 0.153. The summed E-state index contributed by atoms with van der Waals surface area (Å²) in [5.41, 5.74) is 2.83. The maximum absolute atomic E-state index is 3.47. The molecule has 0 spiro atoms. The van der Waals surface area contributed by atoms with Crippen LogP contribution < -0.4 is 10.2 Å². The average molecular weight is 287 g/mol. The summed E-state index contributed by atoms with van der Waals surface area (Å²) in [5.74, 6) is 0.621. The molecule has 0 aromatic heterocycles. The van der Waals surface area contributed by atoms with Gasteiger partial charge in [0, 0.05) is 37.9 Å². The maximum atomic E-state index is 3.47. The SMILES string of the molecule is CC(C)c1ccc(N2CCN(C3CCNCC3)CC2)cc1. The summed E-state index contributed by atoms with van der Waals surface area (Å²) in [6, 6.07) is 10.0. The minimum Gasteiger partial charge on any atom is -0.369 e. The zero-order valence-electron chi connectivity index (χ0n) is 13.5. The molecule has 2 saturated heterocycles. The number of anilines is 1. The summed E-state index contributed by atoms with van der Waals surface area (Å²) in [7, 11) is 0. The van der Waals surface area contributed by atoms with Gasteiger partial charge in [-0.1, -0.05) is 26.0 Å². The van der Waals surface area contributed by atoms with E-state index in [4.69, 9.17) is 0 Å². The molecule has 1 N–H and O–H groups in total. The highest BCUT2D eigenvalue weighted by atomic mass is 15.3. The molecule has 2 fully saturated rings. The van der Waals surface area contributed by atoms with Crippen LogP contribution in [0.1, 0.15) is 38.2 Å². The molecule has 0 amide bonds. The molecule has 3 nitrogen and oxygen atoms in total. The van der Waals surface area contributed by atoms with Crippen LogP contribution in [-0.2, 0) is 0 Å². The molecule has 3 rings (SSSR count). The van der Waals surface area contributed by atoms with Gasteiger partial charge in [0.25, 0.3) is 0 Å². The molecule has 0 unspecified atom stereocenters. The third-order valence-corrected chi connectivity index (χ3v) is 5.06. The first-order chi connectivity index (χ1) is 10.2. The van der Waals surface area contributed by atoms with Gasteiger partial charge in [0.05, 0.1) is 0 Å². The average Bonchev–Trinajstić information content (AvgIpc) is 2.56. The van der Waals surface area contributed by atoms with Gasteiger partial charge < -0.3 is 10.2 Å². The van der Waals surface area contributed by atoms with Gasteiger partial charge in [-0.3, -0.25) is 4.90 Å². The van der Waals surface area contributed by atoms with Crippen molar-refractivity contribution in [1.29, 1.82) is 0 Å². The Bertz CT molecular complexity index is 426. The van der Waals surface area contributed by atoms with Crippen LogP contribution in [-0.4, -0.2) is 50.2 Å². The third kappa shape index (κ3) is 3.58. The van der Waals surface area contributed by atoms with E-state index in [1.807, 2.05) is 0 Å². The van der Waals surface area contributed by atoms with Crippen LogP contribution in [0.5, 0.6) is 0 Å². The number of benzene rings is 1. The standard InChI is InChI=1S/C18H29N3/c1-15(2)16-3-5-17(6-4-16)20-11-13-21(14-12-20)18-7-9-19-10-8-18/h3-6,15,18-19H,7-14H2,1-2H3. The number of rotatable bonds is 3. The molecule has 0 saturated carbocycles. The second-order valence-electron chi connectivity index (χ2n) is 6.75. The van der Waals surface area contributed by atoms with Gasteiger partial charge in [-0.15, -0.1) is 0 Å². The van der Waals surface area contributed by atoms with Crippen LogP contribution in [0.15, 0.2) is 24.3 Å². The van der Waals surface area contributed by atoms with Crippen LogP contribution in [0.25, 0.3) is 0 Å². The molecule has 0 atom stereocenters. The van der Waals surface area contributed by atoms with Crippen LogP contribution >= 0.6 is 0 Å². The fraction of sp³-hybridized carbons (Fsp3) is 0.667. The van der Waals surface area contributed by atoms with Crippen molar-refractivity contribution in [2.75, 3.05) is 44.2 Å². The largest absolute Gasteiger partial charge is 0.369 e. The van der Waals surface area contributed by atoms with E-state index in [2.05, 4.69) is 53.2 Å². The Morgan fingerprint density at radius 1 is 0.952 bits per heavy atom. The molecule has 2 aliphatic rings. The van der Waals surface area contributed by atoms with Crippen molar-refractivity contribution in [2.24, 2.45) is 0 Å². The molecule has 1 aromatic rings. The van der Waals surface area contributed by atoms with Crippen LogP contribution in [0, 0.1) is 0 Å². The number of piperazine rings is 1. The lowest BCUT2D eigenvalue weighted by atomic mass is 10.0. The van der Waals surface area contributed by atoms with E-state index in [9.17, 15) is 0 Å². The fourth-order valence-electron chi connectivity index (χ4n) is 3.59. The van der Waals surface area contributed by atoms with Crippen molar-refractivity contribution in [3.63, 3.8) is 0 Å². The smallest absolute Gasteiger partial charge is 0.0367 e. The van der Waals surface area contributed by atoms with Crippen LogP contribution in [0.3, 0.4) is 0 Å². The van der Waals surface area contributed by atoms with E-state index in [0.29, 0.717) is 5.92 Å². The lowest BCUT2D eigenvalue weighted by Crippen LogP contribution is -2.52. The third-order valence-electron chi connectivity index (χ3n) is 5.06. The minimum absolute atomic E-state index is 0.621.